The molecule has 1 saturated heterocycles. The van der Waals surface area contributed by atoms with E-state index in [4.69, 9.17) is 4.74 Å². The third-order valence-corrected chi connectivity index (χ3v) is 7.00. The van der Waals surface area contributed by atoms with E-state index in [1.807, 2.05) is 30.3 Å². The quantitative estimate of drug-likeness (QED) is 0.632. The molecule has 3 amide bonds. The van der Waals surface area contributed by atoms with Gasteiger partial charge in [0.15, 0.2) is 0 Å². The summed E-state index contributed by atoms with van der Waals surface area (Å²) in [6.07, 6.45) is 0.270. The van der Waals surface area contributed by atoms with Crippen LogP contribution >= 0.6 is 15.9 Å². The number of likely N-dealkylation sites (N-methyl/N-ethyl adjacent to an activating group) is 1. The maximum absolute atomic E-state index is 13.3. The summed E-state index contributed by atoms with van der Waals surface area (Å²) in [7, 11) is 3.74. The van der Waals surface area contributed by atoms with Gasteiger partial charge in [-0.1, -0.05) is 35.8 Å². The Hall–Kier alpha value is -2.42. The van der Waals surface area contributed by atoms with E-state index >= 15 is 0 Å². The lowest BCUT2D eigenvalue weighted by Crippen LogP contribution is -2.45. The Balaban J connectivity index is 1.50. The van der Waals surface area contributed by atoms with Crippen LogP contribution in [0.4, 0.5) is 16.2 Å². The summed E-state index contributed by atoms with van der Waals surface area (Å²) in [4.78, 5) is 30.1. The summed E-state index contributed by atoms with van der Waals surface area (Å²) in [5.74, 6) is -0.203. The average Bonchev–Trinajstić information content (AvgIpc) is 3.20. The van der Waals surface area contributed by atoms with Crippen LogP contribution in [0, 0.1) is 0 Å². The lowest BCUT2D eigenvalue weighted by Gasteiger charge is -2.38. The van der Waals surface area contributed by atoms with Crippen LogP contribution in [0.1, 0.15) is 31.4 Å². The molecule has 7 nitrogen and oxygen atoms in total. The van der Waals surface area contributed by atoms with E-state index in [9.17, 15) is 9.59 Å². The van der Waals surface area contributed by atoms with Gasteiger partial charge < -0.3 is 25.2 Å². The monoisotopic (exact) mass is 514 g/mol. The van der Waals surface area contributed by atoms with Gasteiger partial charge in [-0.15, -0.1) is 0 Å². The van der Waals surface area contributed by atoms with E-state index in [0.717, 1.165) is 23.2 Å². The Morgan fingerprint density at radius 1 is 1.09 bits per heavy atom. The zero-order chi connectivity index (χ0) is 23.8. The molecule has 2 aliphatic rings. The number of halogens is 1. The number of likely N-dealkylation sites (tertiary alicyclic amines) is 1. The number of urea groups is 1. The Kier molecular flexibility index (Phi) is 6.79. The van der Waals surface area contributed by atoms with Crippen molar-refractivity contribution in [3.8, 4) is 0 Å². The van der Waals surface area contributed by atoms with Gasteiger partial charge in [0.05, 0.1) is 6.10 Å². The van der Waals surface area contributed by atoms with Crippen molar-refractivity contribution >= 4 is 39.2 Å². The zero-order valence-electron chi connectivity index (χ0n) is 19.5. The summed E-state index contributed by atoms with van der Waals surface area (Å²) in [5, 5.41) is 5.93. The van der Waals surface area contributed by atoms with E-state index in [1.54, 1.807) is 12.0 Å². The van der Waals surface area contributed by atoms with Gasteiger partial charge in [-0.2, -0.15) is 0 Å². The molecule has 2 aromatic carbocycles. The normalized spacial score (nSPS) is 22.0. The average molecular weight is 515 g/mol. The molecule has 0 bridgehead atoms. The number of methoxy groups -OCH3 is 1. The number of nitrogens with one attached hydrogen (secondary N) is 2. The molecule has 1 fully saturated rings. The zero-order valence-corrected chi connectivity index (χ0v) is 21.1. The van der Waals surface area contributed by atoms with Crippen molar-refractivity contribution in [2.75, 3.05) is 37.9 Å². The number of amides is 3. The first-order valence-corrected chi connectivity index (χ1v) is 11.9. The highest BCUT2D eigenvalue weighted by molar-refractivity contribution is 9.10. The number of carbonyl (C=O) groups excluding carboxylic acids is 2. The highest BCUT2D eigenvalue weighted by Crippen LogP contribution is 2.34. The molecule has 2 aromatic rings. The molecule has 0 spiro atoms. The fourth-order valence-corrected chi connectivity index (χ4v) is 5.19. The predicted octanol–water partition coefficient (Wildman–Crippen LogP) is 4.43. The molecule has 2 atom stereocenters. The van der Waals surface area contributed by atoms with Gasteiger partial charge in [-0.25, -0.2) is 4.79 Å². The molecule has 176 valence electrons. The van der Waals surface area contributed by atoms with Crippen LogP contribution in [0.3, 0.4) is 0 Å². The molecule has 8 heteroatoms. The minimum Gasteiger partial charge on any atom is -0.380 e. The van der Waals surface area contributed by atoms with Gasteiger partial charge in [-0.3, -0.25) is 4.79 Å². The Labute approximate surface area is 203 Å². The standard InChI is InChI=1S/C25H31BrN4O3/c1-25(2)15-29(3)13-16-5-8-19(11-21(16)25)27-23(31)22-12-20(33-4)14-30(22)24(32)28-18-9-6-17(26)7-10-18/h5-11,20,22H,12-15H2,1-4H3,(H,27,31)(H,28,32)/t20-,22-/m1/s1. The first-order valence-electron chi connectivity index (χ1n) is 11.1. The van der Waals surface area contributed by atoms with Crippen LogP contribution in [-0.4, -0.2) is 61.1 Å². The van der Waals surface area contributed by atoms with E-state index in [-0.39, 0.29) is 23.5 Å². The number of fused-ring (bicyclic) bond motifs is 1. The lowest BCUT2D eigenvalue weighted by atomic mass is 9.78. The molecule has 2 heterocycles. The Morgan fingerprint density at radius 3 is 2.48 bits per heavy atom. The van der Waals surface area contributed by atoms with Gasteiger partial charge in [0, 0.05) is 54.4 Å². The van der Waals surface area contributed by atoms with Gasteiger partial charge in [0.2, 0.25) is 5.91 Å². The Morgan fingerprint density at radius 2 is 1.79 bits per heavy atom. The van der Waals surface area contributed by atoms with Crippen molar-refractivity contribution in [1.29, 1.82) is 0 Å². The second kappa shape index (κ2) is 9.44. The number of rotatable bonds is 4. The van der Waals surface area contributed by atoms with Crippen LogP contribution in [0.25, 0.3) is 0 Å². The number of benzene rings is 2. The van der Waals surface area contributed by atoms with E-state index in [0.29, 0.717) is 18.7 Å². The summed E-state index contributed by atoms with van der Waals surface area (Å²) >= 11 is 3.39. The maximum atomic E-state index is 13.3. The summed E-state index contributed by atoms with van der Waals surface area (Å²) in [5.41, 5.74) is 3.95. The second-order valence-electron chi connectivity index (χ2n) is 9.62. The second-order valence-corrected chi connectivity index (χ2v) is 10.5. The molecule has 4 rings (SSSR count). The lowest BCUT2D eigenvalue weighted by molar-refractivity contribution is -0.119. The molecule has 0 unspecified atom stereocenters. The molecule has 2 N–H and O–H groups in total. The van der Waals surface area contributed by atoms with Gasteiger partial charge >= 0.3 is 6.03 Å². The molecule has 0 aromatic heterocycles. The van der Waals surface area contributed by atoms with E-state index < -0.39 is 6.04 Å². The number of ether oxygens (including phenoxy) is 1. The number of hydrogen-bond acceptors (Lipinski definition) is 4. The van der Waals surface area contributed by atoms with Crippen molar-refractivity contribution < 1.29 is 14.3 Å². The summed E-state index contributed by atoms with van der Waals surface area (Å²) < 4.78 is 6.42. The van der Waals surface area contributed by atoms with Gasteiger partial charge in [0.1, 0.15) is 6.04 Å². The molecule has 0 radical (unpaired) electrons. The minimum atomic E-state index is -0.611. The molecule has 0 aliphatic carbocycles. The highest BCUT2D eigenvalue weighted by atomic mass is 79.9. The van der Waals surface area contributed by atoms with Crippen molar-refractivity contribution in [1.82, 2.24) is 9.80 Å². The van der Waals surface area contributed by atoms with Crippen LogP contribution in [0.15, 0.2) is 46.9 Å². The molecule has 0 saturated carbocycles. The third-order valence-electron chi connectivity index (χ3n) is 6.47. The van der Waals surface area contributed by atoms with Crippen LogP contribution in [0.2, 0.25) is 0 Å². The number of nitrogens with zero attached hydrogens (tertiary/aromatic N) is 2. The van der Waals surface area contributed by atoms with Gasteiger partial charge in [-0.05, 0) is 54.6 Å². The van der Waals surface area contributed by atoms with Crippen LogP contribution < -0.4 is 10.6 Å². The van der Waals surface area contributed by atoms with Crippen LogP contribution in [0.5, 0.6) is 0 Å². The third kappa shape index (κ3) is 5.23. The van der Waals surface area contributed by atoms with Crippen molar-refractivity contribution in [3.05, 3.63) is 58.1 Å². The highest BCUT2D eigenvalue weighted by Gasteiger charge is 2.40. The molecule has 2 aliphatic heterocycles. The number of hydrogen-bond donors (Lipinski definition) is 2. The fraction of sp³-hybridized carbons (Fsp3) is 0.440. The summed E-state index contributed by atoms with van der Waals surface area (Å²) in [6.45, 7) is 6.66. The maximum Gasteiger partial charge on any atom is 0.322 e. The van der Waals surface area contributed by atoms with E-state index in [1.165, 1.54) is 11.1 Å². The smallest absolute Gasteiger partial charge is 0.322 e. The molecular formula is C25H31BrN4O3. The predicted molar refractivity (Wildman–Crippen MR) is 134 cm³/mol. The first kappa shape index (κ1) is 23.7. The van der Waals surface area contributed by atoms with Crippen molar-refractivity contribution in [2.24, 2.45) is 0 Å². The van der Waals surface area contributed by atoms with E-state index in [2.05, 4.69) is 64.5 Å². The van der Waals surface area contributed by atoms with Gasteiger partial charge in [0.25, 0.3) is 0 Å². The topological polar surface area (TPSA) is 73.9 Å². The number of anilines is 2. The SMILES string of the molecule is CO[C@@H]1C[C@H](C(=O)Nc2ccc3c(c2)C(C)(C)CN(C)C3)N(C(=O)Nc2ccc(Br)cc2)C1. The summed E-state index contributed by atoms with van der Waals surface area (Å²) in [6, 6.07) is 12.5. The molecular weight excluding hydrogens is 484 g/mol. The van der Waals surface area contributed by atoms with Crippen molar-refractivity contribution in [2.45, 2.75) is 44.4 Å². The first-order chi connectivity index (χ1) is 15.7. The minimum absolute atomic E-state index is 0.00578. The fourth-order valence-electron chi connectivity index (χ4n) is 4.92. The molecule has 33 heavy (non-hydrogen) atoms. The van der Waals surface area contributed by atoms with Crippen molar-refractivity contribution in [3.63, 3.8) is 0 Å². The largest absolute Gasteiger partial charge is 0.380 e. The number of carbonyl (C=O) groups is 2. The Bertz CT molecular complexity index is 1040. The van der Waals surface area contributed by atoms with Crippen LogP contribution in [-0.2, 0) is 21.5 Å².